The van der Waals surface area contributed by atoms with Crippen LogP contribution in [0.3, 0.4) is 0 Å². The summed E-state index contributed by atoms with van der Waals surface area (Å²) in [6.45, 7) is 6.70. The van der Waals surface area contributed by atoms with Crippen molar-refractivity contribution in [3.05, 3.63) is 50.1 Å². The second-order valence-electron chi connectivity index (χ2n) is 6.40. The summed E-state index contributed by atoms with van der Waals surface area (Å²) in [4.78, 5) is 31.0. The summed E-state index contributed by atoms with van der Waals surface area (Å²) >= 11 is 1.44. The summed E-state index contributed by atoms with van der Waals surface area (Å²) in [5.41, 5.74) is 2.43. The van der Waals surface area contributed by atoms with Gasteiger partial charge in [0, 0.05) is 29.9 Å². The molecule has 8 nitrogen and oxygen atoms in total. The molecule has 1 aliphatic heterocycles. The van der Waals surface area contributed by atoms with Crippen LogP contribution in [0.15, 0.2) is 17.1 Å². The first-order valence-electron chi connectivity index (χ1n) is 8.57. The Labute approximate surface area is 166 Å². The Balaban J connectivity index is 0.00000210. The lowest BCUT2D eigenvalue weighted by molar-refractivity contribution is 0.0948. The summed E-state index contributed by atoms with van der Waals surface area (Å²) in [5.74, 6) is -0.429. The van der Waals surface area contributed by atoms with E-state index in [0.29, 0.717) is 4.96 Å². The fourth-order valence-corrected chi connectivity index (χ4v) is 4.03. The van der Waals surface area contributed by atoms with Gasteiger partial charge in [-0.2, -0.15) is 5.10 Å². The molecule has 2 N–H and O–H groups in total. The van der Waals surface area contributed by atoms with Crippen molar-refractivity contribution in [1.82, 2.24) is 29.8 Å². The molecule has 0 fully saturated rings. The average molecular weight is 409 g/mol. The fourth-order valence-electron chi connectivity index (χ4n) is 3.11. The van der Waals surface area contributed by atoms with Crippen LogP contribution in [0, 0.1) is 13.8 Å². The Hall–Kier alpha value is -2.23. The van der Waals surface area contributed by atoms with Crippen LogP contribution in [0.1, 0.15) is 38.7 Å². The monoisotopic (exact) mass is 408 g/mol. The molecule has 10 heteroatoms. The van der Waals surface area contributed by atoms with Gasteiger partial charge in [0.05, 0.1) is 17.9 Å². The van der Waals surface area contributed by atoms with Crippen molar-refractivity contribution in [2.75, 3.05) is 6.54 Å². The van der Waals surface area contributed by atoms with E-state index in [1.807, 2.05) is 24.6 Å². The fraction of sp³-hybridized carbons (Fsp3) is 0.412. The second-order valence-corrected chi connectivity index (χ2v) is 7.58. The summed E-state index contributed by atoms with van der Waals surface area (Å²) in [7, 11) is 0. The molecule has 4 heterocycles. The Morgan fingerprint density at radius 1 is 1.41 bits per heavy atom. The van der Waals surface area contributed by atoms with Crippen LogP contribution >= 0.6 is 23.7 Å². The number of fused-ring (bicyclic) bond motifs is 2. The Kier molecular flexibility index (Phi) is 5.64. The van der Waals surface area contributed by atoms with Crippen molar-refractivity contribution in [1.29, 1.82) is 0 Å². The van der Waals surface area contributed by atoms with E-state index in [4.69, 9.17) is 0 Å². The van der Waals surface area contributed by atoms with Crippen LogP contribution in [0.4, 0.5) is 0 Å². The minimum atomic E-state index is -0.429. The van der Waals surface area contributed by atoms with Gasteiger partial charge in [-0.3, -0.25) is 18.7 Å². The highest BCUT2D eigenvalue weighted by molar-refractivity contribution is 7.17. The Morgan fingerprint density at radius 3 is 3.04 bits per heavy atom. The Bertz CT molecular complexity index is 1030. The van der Waals surface area contributed by atoms with Gasteiger partial charge in [-0.25, -0.2) is 4.98 Å². The summed E-state index contributed by atoms with van der Waals surface area (Å²) in [6, 6.07) is 1.99. The average Bonchev–Trinajstić information content (AvgIpc) is 3.06. The highest BCUT2D eigenvalue weighted by Gasteiger charge is 2.17. The third-order valence-electron chi connectivity index (χ3n) is 4.64. The van der Waals surface area contributed by atoms with Crippen molar-refractivity contribution < 1.29 is 4.79 Å². The van der Waals surface area contributed by atoms with Gasteiger partial charge in [-0.05, 0) is 32.9 Å². The molecule has 0 atom stereocenters. The third kappa shape index (κ3) is 3.62. The summed E-state index contributed by atoms with van der Waals surface area (Å²) in [5, 5.41) is 10.7. The number of hydrogen-bond donors (Lipinski definition) is 2. The van der Waals surface area contributed by atoms with Gasteiger partial charge < -0.3 is 10.6 Å². The number of nitrogens with one attached hydrogen (secondary N) is 2. The molecule has 0 saturated carbocycles. The predicted octanol–water partition coefficient (Wildman–Crippen LogP) is 1.41. The summed E-state index contributed by atoms with van der Waals surface area (Å²) in [6.07, 6.45) is 2.39. The molecule has 3 aromatic heterocycles. The molecule has 4 rings (SSSR count). The number of hydrogen-bond acceptors (Lipinski definition) is 6. The molecule has 0 aliphatic carbocycles. The Morgan fingerprint density at radius 2 is 2.22 bits per heavy atom. The molecule has 0 spiro atoms. The zero-order valence-electron chi connectivity index (χ0n) is 15.1. The standard InChI is InChI=1S/C17H20N6O2S.ClH/c1-10-11(2)26-17-20-9-14(16(25)23(10)17)15(24)19-7-12-6-13-8-18-4-3-5-22(13)21-12;/h6,9,18H,3-5,7-8H2,1-2H3,(H,19,24);1H. The molecular weight excluding hydrogens is 388 g/mol. The lowest BCUT2D eigenvalue weighted by Gasteiger charge is -2.04. The minimum absolute atomic E-state index is 0. The number of halogens is 1. The van der Waals surface area contributed by atoms with Gasteiger partial charge in [0.2, 0.25) is 0 Å². The van der Waals surface area contributed by atoms with E-state index in [1.54, 1.807) is 0 Å². The molecule has 0 radical (unpaired) electrons. The first kappa shape index (κ1) is 19.5. The minimum Gasteiger partial charge on any atom is -0.346 e. The SMILES string of the molecule is Cc1sc2ncc(C(=O)NCc3cc4n(n3)CCCNC4)c(=O)n2c1C.Cl. The zero-order chi connectivity index (χ0) is 18.3. The van der Waals surface area contributed by atoms with Crippen molar-refractivity contribution in [2.45, 2.75) is 39.9 Å². The van der Waals surface area contributed by atoms with E-state index in [-0.39, 0.29) is 30.1 Å². The quantitative estimate of drug-likeness (QED) is 0.683. The number of aryl methyl sites for hydroxylation is 3. The molecule has 0 bridgehead atoms. The van der Waals surface area contributed by atoms with Crippen LogP contribution in [-0.4, -0.2) is 31.6 Å². The molecule has 0 unspecified atom stereocenters. The van der Waals surface area contributed by atoms with E-state index in [2.05, 4.69) is 20.7 Å². The van der Waals surface area contributed by atoms with Gasteiger partial charge >= 0.3 is 0 Å². The molecule has 0 aromatic carbocycles. The number of rotatable bonds is 3. The molecular formula is C17H21ClN6O2S. The molecule has 3 aromatic rings. The lowest BCUT2D eigenvalue weighted by atomic mass is 10.3. The number of aromatic nitrogens is 4. The topological polar surface area (TPSA) is 93.3 Å². The van der Waals surface area contributed by atoms with Crippen LogP contribution in [0.5, 0.6) is 0 Å². The van der Waals surface area contributed by atoms with E-state index >= 15 is 0 Å². The second kappa shape index (κ2) is 7.79. The number of nitrogens with zero attached hydrogens (tertiary/aromatic N) is 4. The van der Waals surface area contributed by atoms with E-state index in [0.717, 1.165) is 48.0 Å². The van der Waals surface area contributed by atoms with Crippen LogP contribution in [0.2, 0.25) is 0 Å². The van der Waals surface area contributed by atoms with Crippen molar-refractivity contribution in [3.63, 3.8) is 0 Å². The van der Waals surface area contributed by atoms with Crippen LogP contribution < -0.4 is 16.2 Å². The first-order valence-corrected chi connectivity index (χ1v) is 9.38. The van der Waals surface area contributed by atoms with Gasteiger partial charge in [-0.1, -0.05) is 0 Å². The molecule has 1 aliphatic rings. The number of carbonyl (C=O) groups is 1. The van der Waals surface area contributed by atoms with Gasteiger partial charge in [0.25, 0.3) is 11.5 Å². The summed E-state index contributed by atoms with van der Waals surface area (Å²) < 4.78 is 3.47. The van der Waals surface area contributed by atoms with E-state index in [1.165, 1.54) is 21.9 Å². The predicted molar refractivity (Wildman–Crippen MR) is 106 cm³/mol. The molecule has 1 amide bonds. The van der Waals surface area contributed by atoms with Crippen LogP contribution in [-0.2, 0) is 19.6 Å². The van der Waals surface area contributed by atoms with Crippen molar-refractivity contribution >= 4 is 34.6 Å². The number of carbonyl (C=O) groups excluding carboxylic acids is 1. The lowest BCUT2D eigenvalue weighted by Crippen LogP contribution is -2.31. The highest BCUT2D eigenvalue weighted by Crippen LogP contribution is 2.18. The van der Waals surface area contributed by atoms with E-state index in [9.17, 15) is 9.59 Å². The largest absolute Gasteiger partial charge is 0.346 e. The van der Waals surface area contributed by atoms with Crippen LogP contribution in [0.25, 0.3) is 4.96 Å². The van der Waals surface area contributed by atoms with Gasteiger partial charge in [-0.15, -0.1) is 23.7 Å². The molecule has 27 heavy (non-hydrogen) atoms. The maximum Gasteiger partial charge on any atom is 0.271 e. The number of thiazole rings is 1. The van der Waals surface area contributed by atoms with Crippen molar-refractivity contribution in [2.24, 2.45) is 0 Å². The zero-order valence-corrected chi connectivity index (χ0v) is 16.7. The smallest absolute Gasteiger partial charge is 0.271 e. The van der Waals surface area contributed by atoms with Gasteiger partial charge in [0.1, 0.15) is 5.56 Å². The van der Waals surface area contributed by atoms with Gasteiger partial charge in [0.15, 0.2) is 4.96 Å². The molecule has 144 valence electrons. The normalized spacial score (nSPS) is 13.7. The maximum absolute atomic E-state index is 12.7. The highest BCUT2D eigenvalue weighted by atomic mass is 35.5. The van der Waals surface area contributed by atoms with Crippen molar-refractivity contribution in [3.8, 4) is 0 Å². The maximum atomic E-state index is 12.7. The first-order chi connectivity index (χ1) is 12.5. The molecule has 0 saturated heterocycles. The number of amides is 1. The van der Waals surface area contributed by atoms with E-state index < -0.39 is 5.91 Å². The third-order valence-corrected chi connectivity index (χ3v) is 5.71.